The molecule has 2 N–H and O–H groups in total. The van der Waals surface area contributed by atoms with Crippen LogP contribution in [0.15, 0.2) is 17.0 Å². The molecule has 0 radical (unpaired) electrons. The van der Waals surface area contributed by atoms with Crippen LogP contribution in [0, 0.1) is 25.6 Å². The van der Waals surface area contributed by atoms with Crippen molar-refractivity contribution in [1.82, 2.24) is 4.31 Å². The molecule has 1 heterocycles. The topological polar surface area (TPSA) is 63.4 Å². The van der Waals surface area contributed by atoms with Crippen molar-refractivity contribution in [3.63, 3.8) is 0 Å². The molecular weight excluding hydrogens is 327 g/mol. The molecule has 2 rings (SSSR count). The minimum atomic E-state index is -3.65. The number of hydrogen-bond acceptors (Lipinski definition) is 3. The largest absolute Gasteiger partial charge is 0.329 e. The minimum Gasteiger partial charge on any atom is -0.329 e. The maximum atomic E-state index is 13.4. The third kappa shape index (κ3) is 3.45. The summed E-state index contributed by atoms with van der Waals surface area (Å²) in [5.41, 5.74) is 6.68. The van der Waals surface area contributed by atoms with Crippen LogP contribution >= 0.6 is 12.4 Å². The van der Waals surface area contributed by atoms with Gasteiger partial charge in [0.2, 0.25) is 10.0 Å². The standard InChI is InChI=1S/C15H23FN2O2S.ClH/c1-10-5-4-6-18(14(10)9-17)21(19,20)15-11(2)7-13(16)8-12(15)3;/h7-8,10,14H,4-6,9,17H2,1-3H3;1H. The smallest absolute Gasteiger partial charge is 0.243 e. The van der Waals surface area contributed by atoms with Crippen LogP contribution in [0.25, 0.3) is 0 Å². The molecule has 1 fully saturated rings. The summed E-state index contributed by atoms with van der Waals surface area (Å²) in [5.74, 6) is -0.175. The predicted octanol–water partition coefficient (Wildman–Crippen LogP) is 2.61. The molecule has 7 heteroatoms. The summed E-state index contributed by atoms with van der Waals surface area (Å²) >= 11 is 0. The number of benzene rings is 1. The van der Waals surface area contributed by atoms with E-state index >= 15 is 0 Å². The first-order chi connectivity index (χ1) is 9.78. The molecule has 1 aliphatic rings. The molecule has 0 aromatic heterocycles. The van der Waals surface area contributed by atoms with Gasteiger partial charge < -0.3 is 5.73 Å². The lowest BCUT2D eigenvalue weighted by atomic mass is 9.93. The van der Waals surface area contributed by atoms with E-state index in [1.165, 1.54) is 16.4 Å². The van der Waals surface area contributed by atoms with E-state index in [2.05, 4.69) is 0 Å². The highest BCUT2D eigenvalue weighted by atomic mass is 35.5. The van der Waals surface area contributed by atoms with Crippen LogP contribution in [-0.2, 0) is 10.0 Å². The van der Waals surface area contributed by atoms with Gasteiger partial charge in [-0.1, -0.05) is 6.92 Å². The Labute approximate surface area is 138 Å². The van der Waals surface area contributed by atoms with Gasteiger partial charge in [0.1, 0.15) is 5.82 Å². The maximum absolute atomic E-state index is 13.4. The van der Waals surface area contributed by atoms with Crippen LogP contribution in [0.1, 0.15) is 30.9 Å². The van der Waals surface area contributed by atoms with E-state index in [4.69, 9.17) is 5.73 Å². The second kappa shape index (κ2) is 7.25. The number of hydrogen-bond donors (Lipinski definition) is 1. The molecule has 22 heavy (non-hydrogen) atoms. The van der Waals surface area contributed by atoms with Gasteiger partial charge in [-0.2, -0.15) is 4.31 Å². The van der Waals surface area contributed by atoms with Gasteiger partial charge in [-0.25, -0.2) is 12.8 Å². The van der Waals surface area contributed by atoms with Crippen LogP contribution < -0.4 is 5.73 Å². The minimum absolute atomic E-state index is 0. The highest BCUT2D eigenvalue weighted by molar-refractivity contribution is 7.89. The first kappa shape index (κ1) is 19.4. The van der Waals surface area contributed by atoms with E-state index in [9.17, 15) is 12.8 Å². The van der Waals surface area contributed by atoms with Crippen LogP contribution in [0.5, 0.6) is 0 Å². The van der Waals surface area contributed by atoms with E-state index in [-0.39, 0.29) is 29.3 Å². The molecule has 0 saturated carbocycles. The molecule has 1 aromatic rings. The monoisotopic (exact) mass is 350 g/mol. The number of rotatable bonds is 3. The molecule has 126 valence electrons. The Morgan fingerprint density at radius 3 is 2.36 bits per heavy atom. The highest BCUT2D eigenvalue weighted by Gasteiger charge is 2.37. The van der Waals surface area contributed by atoms with Crippen molar-refractivity contribution in [2.45, 2.75) is 44.6 Å². The molecule has 2 unspecified atom stereocenters. The summed E-state index contributed by atoms with van der Waals surface area (Å²) in [6.45, 7) is 6.08. The summed E-state index contributed by atoms with van der Waals surface area (Å²) in [6.07, 6.45) is 1.81. The number of nitrogens with zero attached hydrogens (tertiary/aromatic N) is 1. The van der Waals surface area contributed by atoms with Gasteiger partial charge in [-0.05, 0) is 55.9 Å². The van der Waals surface area contributed by atoms with Gasteiger partial charge in [0.25, 0.3) is 0 Å². The second-order valence-electron chi connectivity index (χ2n) is 5.91. The van der Waals surface area contributed by atoms with E-state index < -0.39 is 15.8 Å². The summed E-state index contributed by atoms with van der Waals surface area (Å²) in [7, 11) is -3.65. The van der Waals surface area contributed by atoms with E-state index in [0.29, 0.717) is 24.2 Å². The van der Waals surface area contributed by atoms with E-state index in [1.807, 2.05) is 6.92 Å². The van der Waals surface area contributed by atoms with Crippen molar-refractivity contribution in [3.05, 3.63) is 29.1 Å². The molecule has 4 nitrogen and oxygen atoms in total. The SMILES string of the molecule is Cc1cc(F)cc(C)c1S(=O)(=O)N1CCCC(C)C1CN.Cl. The van der Waals surface area contributed by atoms with Gasteiger partial charge in [-0.3, -0.25) is 0 Å². The Kier molecular flexibility index (Phi) is 6.38. The third-order valence-electron chi connectivity index (χ3n) is 4.30. The zero-order valence-corrected chi connectivity index (χ0v) is 14.8. The lowest BCUT2D eigenvalue weighted by Crippen LogP contribution is -2.51. The lowest BCUT2D eigenvalue weighted by molar-refractivity contribution is 0.192. The zero-order valence-electron chi connectivity index (χ0n) is 13.2. The molecule has 1 aliphatic heterocycles. The Bertz CT molecular complexity index is 613. The van der Waals surface area contributed by atoms with Gasteiger partial charge in [0.15, 0.2) is 0 Å². The molecule has 0 amide bonds. The average Bonchev–Trinajstić information content (AvgIpc) is 2.36. The third-order valence-corrected chi connectivity index (χ3v) is 6.53. The van der Waals surface area contributed by atoms with Gasteiger partial charge >= 0.3 is 0 Å². The summed E-state index contributed by atoms with van der Waals surface area (Å²) in [6, 6.07) is 2.35. The number of sulfonamides is 1. The summed E-state index contributed by atoms with van der Waals surface area (Å²) < 4.78 is 40.9. The average molecular weight is 351 g/mol. The van der Waals surface area contributed by atoms with E-state index in [0.717, 1.165) is 12.8 Å². The number of nitrogens with two attached hydrogens (primary N) is 1. The molecule has 0 spiro atoms. The fraction of sp³-hybridized carbons (Fsp3) is 0.600. The second-order valence-corrected chi connectivity index (χ2v) is 7.73. The Morgan fingerprint density at radius 2 is 1.86 bits per heavy atom. The zero-order chi connectivity index (χ0) is 15.8. The molecule has 2 atom stereocenters. The summed E-state index contributed by atoms with van der Waals surface area (Å²) in [4.78, 5) is 0.219. The van der Waals surface area contributed by atoms with Crippen molar-refractivity contribution >= 4 is 22.4 Å². The maximum Gasteiger partial charge on any atom is 0.243 e. The Balaban J connectivity index is 0.00000242. The van der Waals surface area contributed by atoms with Gasteiger partial charge in [0, 0.05) is 19.1 Å². The first-order valence-corrected chi connectivity index (χ1v) is 8.71. The molecule has 0 bridgehead atoms. The van der Waals surface area contributed by atoms with Crippen LogP contribution in [-0.4, -0.2) is 31.9 Å². The Hall–Kier alpha value is -0.690. The number of halogens is 2. The van der Waals surface area contributed by atoms with Crippen molar-refractivity contribution < 1.29 is 12.8 Å². The number of piperidine rings is 1. The first-order valence-electron chi connectivity index (χ1n) is 7.27. The number of aryl methyl sites for hydroxylation is 2. The predicted molar refractivity (Wildman–Crippen MR) is 88.3 cm³/mol. The van der Waals surface area contributed by atoms with Crippen molar-refractivity contribution in [2.75, 3.05) is 13.1 Å². The van der Waals surface area contributed by atoms with Crippen LogP contribution in [0.2, 0.25) is 0 Å². The molecular formula is C15H24ClFN2O2S. The van der Waals surface area contributed by atoms with E-state index in [1.54, 1.807) is 13.8 Å². The van der Waals surface area contributed by atoms with Crippen LogP contribution in [0.4, 0.5) is 4.39 Å². The van der Waals surface area contributed by atoms with Crippen molar-refractivity contribution in [1.29, 1.82) is 0 Å². The fourth-order valence-corrected chi connectivity index (χ4v) is 5.47. The lowest BCUT2D eigenvalue weighted by Gasteiger charge is -2.38. The van der Waals surface area contributed by atoms with Crippen molar-refractivity contribution in [3.8, 4) is 0 Å². The summed E-state index contributed by atoms with van der Waals surface area (Å²) in [5, 5.41) is 0. The normalized spacial score (nSPS) is 23.1. The quantitative estimate of drug-likeness (QED) is 0.911. The Morgan fingerprint density at radius 1 is 1.32 bits per heavy atom. The van der Waals surface area contributed by atoms with Gasteiger partial charge in [-0.15, -0.1) is 12.4 Å². The molecule has 1 aromatic carbocycles. The highest BCUT2D eigenvalue weighted by Crippen LogP contribution is 2.31. The molecule has 1 saturated heterocycles. The van der Waals surface area contributed by atoms with Crippen molar-refractivity contribution in [2.24, 2.45) is 11.7 Å². The molecule has 0 aliphatic carbocycles. The van der Waals surface area contributed by atoms with Gasteiger partial charge in [0.05, 0.1) is 4.90 Å². The van der Waals surface area contributed by atoms with Crippen LogP contribution in [0.3, 0.4) is 0 Å². The fourth-order valence-electron chi connectivity index (χ4n) is 3.28.